The van der Waals surface area contributed by atoms with Gasteiger partial charge in [0, 0.05) is 24.1 Å². The number of benzene rings is 1. The van der Waals surface area contributed by atoms with Crippen molar-refractivity contribution in [1.29, 1.82) is 0 Å². The number of piperidine rings is 3. The van der Waals surface area contributed by atoms with Crippen molar-refractivity contribution in [3.05, 3.63) is 22.2 Å². The molecular formula is C18H22BrN3O3. The van der Waals surface area contributed by atoms with Gasteiger partial charge in [-0.15, -0.1) is 0 Å². The van der Waals surface area contributed by atoms with Crippen molar-refractivity contribution in [2.24, 2.45) is 5.92 Å². The molecule has 7 heteroatoms. The molecule has 2 amide bonds. The maximum atomic E-state index is 13.0. The van der Waals surface area contributed by atoms with Crippen LogP contribution >= 0.6 is 15.9 Å². The average Bonchev–Trinajstić information content (AvgIpc) is 2.61. The topological polar surface area (TPSA) is 61.9 Å². The molecule has 2 bridgehead atoms. The SMILES string of the molecule is CC1Oc2c(C(=O)NC3CN4CCC3CC4)cc(Br)cc2N(C)C1=O. The molecule has 1 N–H and O–H groups in total. The maximum Gasteiger partial charge on any atom is 0.267 e. The van der Waals surface area contributed by atoms with Crippen LogP contribution in [0, 0.1) is 5.92 Å². The molecule has 3 fully saturated rings. The second-order valence-corrected chi connectivity index (χ2v) is 8.09. The minimum atomic E-state index is -0.595. The summed E-state index contributed by atoms with van der Waals surface area (Å²) in [5, 5.41) is 3.20. The van der Waals surface area contributed by atoms with Gasteiger partial charge in [-0.1, -0.05) is 15.9 Å². The zero-order chi connectivity index (χ0) is 17.7. The first-order chi connectivity index (χ1) is 11.9. The second-order valence-electron chi connectivity index (χ2n) is 7.18. The summed E-state index contributed by atoms with van der Waals surface area (Å²) >= 11 is 3.45. The van der Waals surface area contributed by atoms with Crippen molar-refractivity contribution in [1.82, 2.24) is 10.2 Å². The summed E-state index contributed by atoms with van der Waals surface area (Å²) in [5.41, 5.74) is 1.10. The number of hydrogen-bond donors (Lipinski definition) is 1. The summed E-state index contributed by atoms with van der Waals surface area (Å²) in [6.45, 7) is 4.90. The summed E-state index contributed by atoms with van der Waals surface area (Å²) in [6, 6.07) is 3.76. The van der Waals surface area contributed by atoms with E-state index in [2.05, 4.69) is 26.1 Å². The number of hydrogen-bond acceptors (Lipinski definition) is 4. The van der Waals surface area contributed by atoms with E-state index in [1.807, 2.05) is 6.07 Å². The third kappa shape index (κ3) is 2.93. The number of ether oxygens (including phenoxy) is 1. The number of nitrogens with one attached hydrogen (secondary N) is 1. The van der Waals surface area contributed by atoms with Crippen LogP contribution in [0.4, 0.5) is 5.69 Å². The van der Waals surface area contributed by atoms with Crippen molar-refractivity contribution >= 4 is 33.4 Å². The molecule has 2 unspecified atom stereocenters. The fourth-order valence-electron chi connectivity index (χ4n) is 4.11. The van der Waals surface area contributed by atoms with Crippen LogP contribution in [0.25, 0.3) is 0 Å². The lowest BCUT2D eigenvalue weighted by atomic mass is 9.84. The van der Waals surface area contributed by atoms with Gasteiger partial charge in [0.25, 0.3) is 11.8 Å². The molecule has 25 heavy (non-hydrogen) atoms. The van der Waals surface area contributed by atoms with Gasteiger partial charge < -0.3 is 19.9 Å². The van der Waals surface area contributed by atoms with Gasteiger partial charge in [0.15, 0.2) is 11.9 Å². The molecule has 4 aliphatic rings. The van der Waals surface area contributed by atoms with Crippen molar-refractivity contribution in [2.45, 2.75) is 31.9 Å². The molecule has 1 aromatic rings. The van der Waals surface area contributed by atoms with Crippen molar-refractivity contribution in [3.63, 3.8) is 0 Å². The van der Waals surface area contributed by atoms with E-state index in [4.69, 9.17) is 4.74 Å². The van der Waals surface area contributed by atoms with Crippen LogP contribution < -0.4 is 15.0 Å². The maximum absolute atomic E-state index is 13.0. The van der Waals surface area contributed by atoms with E-state index in [1.165, 1.54) is 0 Å². The van der Waals surface area contributed by atoms with Gasteiger partial charge in [-0.25, -0.2) is 0 Å². The molecular weight excluding hydrogens is 386 g/mol. The Bertz CT molecular complexity index is 731. The van der Waals surface area contributed by atoms with Crippen molar-refractivity contribution in [2.75, 3.05) is 31.6 Å². The largest absolute Gasteiger partial charge is 0.478 e. The number of anilines is 1. The van der Waals surface area contributed by atoms with Crippen LogP contribution in [0.1, 0.15) is 30.1 Å². The lowest BCUT2D eigenvalue weighted by Gasteiger charge is -2.45. The second kappa shape index (κ2) is 6.29. The number of halogens is 1. The normalized spacial score (nSPS) is 30.7. The molecule has 1 aromatic carbocycles. The number of likely N-dealkylation sites (N-methyl/N-ethyl adjacent to an activating group) is 1. The predicted molar refractivity (Wildman–Crippen MR) is 98.1 cm³/mol. The standard InChI is InChI=1S/C18H22BrN3O3/c1-10-18(24)21(2)15-8-12(19)7-13(16(15)25-10)17(23)20-14-9-22-5-3-11(14)4-6-22/h7-8,10-11,14H,3-6,9H2,1-2H3,(H,20,23). The lowest BCUT2D eigenvalue weighted by molar-refractivity contribution is -0.125. The third-order valence-corrected chi connectivity index (χ3v) is 6.04. The summed E-state index contributed by atoms with van der Waals surface area (Å²) in [6.07, 6.45) is 1.69. The first kappa shape index (κ1) is 16.8. The minimum absolute atomic E-state index is 0.116. The Morgan fingerprint density at radius 3 is 2.68 bits per heavy atom. The Balaban J connectivity index is 1.63. The Labute approximate surface area is 155 Å². The van der Waals surface area contributed by atoms with Crippen molar-refractivity contribution in [3.8, 4) is 5.75 Å². The smallest absolute Gasteiger partial charge is 0.267 e. The lowest BCUT2D eigenvalue weighted by Crippen LogP contribution is -2.57. The van der Waals surface area contributed by atoms with E-state index in [0.29, 0.717) is 22.9 Å². The van der Waals surface area contributed by atoms with Gasteiger partial charge in [0.1, 0.15) is 0 Å². The summed E-state index contributed by atoms with van der Waals surface area (Å²) in [4.78, 5) is 29.1. The van der Waals surface area contributed by atoms with E-state index >= 15 is 0 Å². The molecule has 5 rings (SSSR count). The van der Waals surface area contributed by atoms with Gasteiger partial charge in [0.2, 0.25) is 0 Å². The van der Waals surface area contributed by atoms with Gasteiger partial charge in [-0.3, -0.25) is 9.59 Å². The van der Waals surface area contributed by atoms with E-state index in [0.717, 1.165) is 36.9 Å². The number of carbonyl (C=O) groups excluding carboxylic acids is 2. The van der Waals surface area contributed by atoms with Crippen LogP contribution in [-0.2, 0) is 4.79 Å². The van der Waals surface area contributed by atoms with Crippen LogP contribution in [0.15, 0.2) is 16.6 Å². The highest BCUT2D eigenvalue weighted by Gasteiger charge is 2.37. The number of rotatable bonds is 2. The number of fused-ring (bicyclic) bond motifs is 4. The molecule has 0 radical (unpaired) electrons. The quantitative estimate of drug-likeness (QED) is 0.814. The molecule has 4 heterocycles. The Kier molecular flexibility index (Phi) is 4.24. The molecule has 0 aliphatic carbocycles. The van der Waals surface area contributed by atoms with Gasteiger partial charge in [0.05, 0.1) is 11.3 Å². The fourth-order valence-corrected chi connectivity index (χ4v) is 4.56. The van der Waals surface area contributed by atoms with E-state index in [9.17, 15) is 9.59 Å². The molecule has 0 aromatic heterocycles. The van der Waals surface area contributed by atoms with E-state index in [-0.39, 0.29) is 17.9 Å². The molecule has 2 atom stereocenters. The Morgan fingerprint density at radius 2 is 2.04 bits per heavy atom. The molecule has 0 saturated carbocycles. The number of amides is 2. The minimum Gasteiger partial charge on any atom is -0.478 e. The molecule has 0 spiro atoms. The summed E-state index contributed by atoms with van der Waals surface area (Å²) in [7, 11) is 1.71. The molecule has 6 nitrogen and oxygen atoms in total. The Morgan fingerprint density at radius 1 is 1.32 bits per heavy atom. The fraction of sp³-hybridized carbons (Fsp3) is 0.556. The first-order valence-electron chi connectivity index (χ1n) is 8.75. The van der Waals surface area contributed by atoms with E-state index < -0.39 is 6.10 Å². The van der Waals surface area contributed by atoms with Crippen molar-refractivity contribution < 1.29 is 14.3 Å². The van der Waals surface area contributed by atoms with E-state index in [1.54, 1.807) is 24.9 Å². The summed E-state index contributed by atoms with van der Waals surface area (Å²) in [5.74, 6) is 0.790. The highest BCUT2D eigenvalue weighted by Crippen LogP contribution is 2.39. The van der Waals surface area contributed by atoms with Crippen LogP contribution in [0.3, 0.4) is 0 Å². The molecule has 4 aliphatic heterocycles. The first-order valence-corrected chi connectivity index (χ1v) is 9.54. The van der Waals surface area contributed by atoms with Gasteiger partial charge >= 0.3 is 0 Å². The summed E-state index contributed by atoms with van der Waals surface area (Å²) < 4.78 is 6.54. The highest BCUT2D eigenvalue weighted by atomic mass is 79.9. The van der Waals surface area contributed by atoms with Gasteiger partial charge in [-0.05, 0) is 50.9 Å². The highest BCUT2D eigenvalue weighted by molar-refractivity contribution is 9.10. The monoisotopic (exact) mass is 407 g/mol. The predicted octanol–water partition coefficient (Wildman–Crippen LogP) is 2.02. The third-order valence-electron chi connectivity index (χ3n) is 5.59. The van der Waals surface area contributed by atoms with Crippen LogP contribution in [0.2, 0.25) is 0 Å². The van der Waals surface area contributed by atoms with Gasteiger partial charge in [-0.2, -0.15) is 0 Å². The van der Waals surface area contributed by atoms with Crippen LogP contribution in [0.5, 0.6) is 5.75 Å². The Hall–Kier alpha value is -1.60. The zero-order valence-corrected chi connectivity index (χ0v) is 16.0. The number of nitrogens with zero attached hydrogens (tertiary/aromatic N) is 2. The molecule has 134 valence electrons. The number of carbonyl (C=O) groups is 2. The zero-order valence-electron chi connectivity index (χ0n) is 14.4. The molecule has 3 saturated heterocycles. The average molecular weight is 408 g/mol. The van der Waals surface area contributed by atoms with Crippen LogP contribution in [-0.4, -0.2) is 55.5 Å².